The van der Waals surface area contributed by atoms with Crippen molar-refractivity contribution < 1.29 is 23.8 Å². The van der Waals surface area contributed by atoms with Crippen molar-refractivity contribution in [3.63, 3.8) is 0 Å². The highest BCUT2D eigenvalue weighted by atomic mass is 35.5. The standard InChI is InChI=1S/C19H20ClN3O5/c1-26-14-6-5-11(8-15(14)27-2)17-18(28-10-16(24)23-17)19(25)22-9-13-12(20)4-3-7-21-13/h3-8,17-18H,9-10H2,1-2H3,(H,22,25)(H,23,24)/t17-,18+/m1/s1. The maximum Gasteiger partial charge on any atom is 0.251 e. The van der Waals surface area contributed by atoms with Crippen molar-refractivity contribution >= 4 is 23.4 Å². The van der Waals surface area contributed by atoms with Crippen molar-refractivity contribution in [2.45, 2.75) is 18.7 Å². The number of aromatic nitrogens is 1. The summed E-state index contributed by atoms with van der Waals surface area (Å²) in [5, 5.41) is 6.01. The number of hydrogen-bond donors (Lipinski definition) is 2. The highest BCUT2D eigenvalue weighted by molar-refractivity contribution is 6.31. The summed E-state index contributed by atoms with van der Waals surface area (Å²) in [6, 6.07) is 7.88. The number of ether oxygens (including phenoxy) is 3. The van der Waals surface area contributed by atoms with Crippen molar-refractivity contribution in [3.05, 3.63) is 52.8 Å². The van der Waals surface area contributed by atoms with Gasteiger partial charge in [-0.15, -0.1) is 0 Å². The average molecular weight is 406 g/mol. The van der Waals surface area contributed by atoms with E-state index in [0.717, 1.165) is 0 Å². The molecule has 2 amide bonds. The highest BCUT2D eigenvalue weighted by Crippen LogP contribution is 2.32. The summed E-state index contributed by atoms with van der Waals surface area (Å²) >= 11 is 6.07. The molecule has 8 nitrogen and oxygen atoms in total. The fourth-order valence-electron chi connectivity index (χ4n) is 2.90. The van der Waals surface area contributed by atoms with E-state index in [1.807, 2.05) is 0 Å². The van der Waals surface area contributed by atoms with Gasteiger partial charge in [-0.2, -0.15) is 0 Å². The Balaban J connectivity index is 1.79. The quantitative estimate of drug-likeness (QED) is 0.757. The van der Waals surface area contributed by atoms with Crippen LogP contribution in [-0.4, -0.2) is 43.7 Å². The molecule has 0 unspecified atom stereocenters. The van der Waals surface area contributed by atoms with E-state index in [1.54, 1.807) is 36.5 Å². The second-order valence-electron chi connectivity index (χ2n) is 6.04. The molecule has 2 N–H and O–H groups in total. The minimum atomic E-state index is -0.918. The van der Waals surface area contributed by atoms with Crippen molar-refractivity contribution in [2.24, 2.45) is 0 Å². The van der Waals surface area contributed by atoms with E-state index in [-0.39, 0.29) is 25.0 Å². The fourth-order valence-corrected chi connectivity index (χ4v) is 3.09. The van der Waals surface area contributed by atoms with Crippen molar-refractivity contribution in [2.75, 3.05) is 20.8 Å². The third kappa shape index (κ3) is 4.35. The van der Waals surface area contributed by atoms with E-state index in [4.69, 9.17) is 25.8 Å². The Morgan fingerprint density at radius 1 is 1.32 bits per heavy atom. The summed E-state index contributed by atoms with van der Waals surface area (Å²) in [5.41, 5.74) is 1.20. The molecule has 1 aliphatic rings. The molecule has 0 spiro atoms. The first kappa shape index (κ1) is 19.9. The first-order chi connectivity index (χ1) is 13.5. The number of carbonyl (C=O) groups excluding carboxylic acids is 2. The number of carbonyl (C=O) groups is 2. The monoisotopic (exact) mass is 405 g/mol. The molecule has 1 aromatic carbocycles. The van der Waals surface area contributed by atoms with Crippen LogP contribution in [0.2, 0.25) is 5.02 Å². The van der Waals surface area contributed by atoms with Crippen LogP contribution in [0.25, 0.3) is 0 Å². The molecular formula is C19H20ClN3O5. The summed E-state index contributed by atoms with van der Waals surface area (Å²) in [5.74, 6) is 0.331. The van der Waals surface area contributed by atoms with Crippen molar-refractivity contribution in [1.82, 2.24) is 15.6 Å². The van der Waals surface area contributed by atoms with E-state index >= 15 is 0 Å². The smallest absolute Gasteiger partial charge is 0.251 e. The van der Waals surface area contributed by atoms with Crippen LogP contribution in [0.1, 0.15) is 17.3 Å². The molecule has 0 aliphatic carbocycles. The first-order valence-electron chi connectivity index (χ1n) is 8.53. The molecule has 2 aromatic rings. The molecule has 1 fully saturated rings. The van der Waals surface area contributed by atoms with Gasteiger partial charge in [0.15, 0.2) is 17.6 Å². The number of nitrogens with zero attached hydrogens (tertiary/aromatic N) is 1. The molecule has 148 valence electrons. The summed E-state index contributed by atoms with van der Waals surface area (Å²) in [4.78, 5) is 28.7. The van der Waals surface area contributed by atoms with Crippen LogP contribution in [0.15, 0.2) is 36.5 Å². The zero-order valence-corrected chi connectivity index (χ0v) is 16.2. The van der Waals surface area contributed by atoms with Gasteiger partial charge in [-0.25, -0.2) is 0 Å². The van der Waals surface area contributed by atoms with Crippen LogP contribution in [0.4, 0.5) is 0 Å². The maximum absolute atomic E-state index is 12.7. The fraction of sp³-hybridized carbons (Fsp3) is 0.316. The number of nitrogens with one attached hydrogen (secondary N) is 2. The van der Waals surface area contributed by atoms with Crippen molar-refractivity contribution in [1.29, 1.82) is 0 Å². The van der Waals surface area contributed by atoms with E-state index in [1.165, 1.54) is 14.2 Å². The predicted octanol–water partition coefficient (Wildman–Crippen LogP) is 1.62. The molecule has 28 heavy (non-hydrogen) atoms. The molecule has 0 saturated carbocycles. The number of halogens is 1. The van der Waals surface area contributed by atoms with E-state index < -0.39 is 12.1 Å². The zero-order valence-electron chi connectivity index (χ0n) is 15.4. The third-order valence-corrected chi connectivity index (χ3v) is 4.65. The number of methoxy groups -OCH3 is 2. The Kier molecular flexibility index (Phi) is 6.33. The van der Waals surface area contributed by atoms with Crippen LogP contribution in [0, 0.1) is 0 Å². The van der Waals surface area contributed by atoms with Crippen LogP contribution in [0.3, 0.4) is 0 Å². The lowest BCUT2D eigenvalue weighted by molar-refractivity contribution is -0.148. The SMILES string of the molecule is COc1ccc([C@H]2NC(=O)CO[C@@H]2C(=O)NCc2ncccc2Cl)cc1OC. The van der Waals surface area contributed by atoms with Crippen LogP contribution in [0.5, 0.6) is 11.5 Å². The van der Waals surface area contributed by atoms with Gasteiger partial charge in [-0.1, -0.05) is 17.7 Å². The molecular weight excluding hydrogens is 386 g/mol. The lowest BCUT2D eigenvalue weighted by Crippen LogP contribution is -2.52. The third-order valence-electron chi connectivity index (χ3n) is 4.30. The van der Waals surface area contributed by atoms with Gasteiger partial charge < -0.3 is 24.8 Å². The number of morpholine rings is 1. The van der Waals surface area contributed by atoms with Gasteiger partial charge in [0.25, 0.3) is 5.91 Å². The Morgan fingerprint density at radius 3 is 2.82 bits per heavy atom. The summed E-state index contributed by atoms with van der Waals surface area (Å²) in [6.07, 6.45) is 0.676. The Morgan fingerprint density at radius 2 is 2.11 bits per heavy atom. The number of benzene rings is 1. The van der Waals surface area contributed by atoms with Crippen LogP contribution >= 0.6 is 11.6 Å². The highest BCUT2D eigenvalue weighted by Gasteiger charge is 2.36. The maximum atomic E-state index is 12.7. The van der Waals surface area contributed by atoms with Gasteiger partial charge in [0.05, 0.1) is 37.5 Å². The molecule has 1 aliphatic heterocycles. The Bertz CT molecular complexity index is 876. The number of amides is 2. The number of pyridine rings is 1. The molecule has 1 saturated heterocycles. The van der Waals surface area contributed by atoms with E-state index in [9.17, 15) is 9.59 Å². The lowest BCUT2D eigenvalue weighted by atomic mass is 9.98. The van der Waals surface area contributed by atoms with Gasteiger partial charge >= 0.3 is 0 Å². The second kappa shape index (κ2) is 8.90. The summed E-state index contributed by atoms with van der Waals surface area (Å²) < 4.78 is 16.1. The molecule has 0 radical (unpaired) electrons. The Labute approximate surface area is 167 Å². The number of hydrogen-bond acceptors (Lipinski definition) is 6. The van der Waals surface area contributed by atoms with Gasteiger partial charge in [0.1, 0.15) is 6.61 Å². The minimum Gasteiger partial charge on any atom is -0.493 e. The van der Waals surface area contributed by atoms with Gasteiger partial charge in [-0.05, 0) is 29.8 Å². The molecule has 2 atom stereocenters. The summed E-state index contributed by atoms with van der Waals surface area (Å²) in [6.45, 7) is -0.0583. The molecule has 9 heteroatoms. The molecule has 2 heterocycles. The van der Waals surface area contributed by atoms with Crippen LogP contribution < -0.4 is 20.1 Å². The van der Waals surface area contributed by atoms with Gasteiger partial charge in [-0.3, -0.25) is 14.6 Å². The first-order valence-corrected chi connectivity index (χ1v) is 8.91. The predicted molar refractivity (Wildman–Crippen MR) is 101 cm³/mol. The Hall–Kier alpha value is -2.84. The molecule has 3 rings (SSSR count). The van der Waals surface area contributed by atoms with E-state index in [2.05, 4.69) is 15.6 Å². The topological polar surface area (TPSA) is 98.8 Å². The largest absolute Gasteiger partial charge is 0.493 e. The second-order valence-corrected chi connectivity index (χ2v) is 6.45. The lowest BCUT2D eigenvalue weighted by Gasteiger charge is -2.32. The molecule has 0 bridgehead atoms. The van der Waals surface area contributed by atoms with Gasteiger partial charge in [0, 0.05) is 6.20 Å². The van der Waals surface area contributed by atoms with Crippen LogP contribution in [-0.2, 0) is 20.9 Å². The molecule has 1 aromatic heterocycles. The van der Waals surface area contributed by atoms with Crippen molar-refractivity contribution in [3.8, 4) is 11.5 Å². The minimum absolute atomic E-state index is 0.144. The summed E-state index contributed by atoms with van der Waals surface area (Å²) in [7, 11) is 3.04. The average Bonchev–Trinajstić information content (AvgIpc) is 2.72. The number of rotatable bonds is 6. The normalized spacial score (nSPS) is 18.9. The van der Waals surface area contributed by atoms with E-state index in [0.29, 0.717) is 27.8 Å². The zero-order chi connectivity index (χ0) is 20.1. The van der Waals surface area contributed by atoms with Gasteiger partial charge in [0.2, 0.25) is 5.91 Å².